The summed E-state index contributed by atoms with van der Waals surface area (Å²) < 4.78 is 0. The Hall–Kier alpha value is -1.85. The molecule has 0 bridgehead atoms. The Kier molecular flexibility index (Phi) is 3.64. The van der Waals surface area contributed by atoms with Gasteiger partial charge in [0.15, 0.2) is 0 Å². The van der Waals surface area contributed by atoms with Crippen molar-refractivity contribution >= 4 is 40.5 Å². The number of carbonyl (C=O) groups is 2. The number of aromatic carboxylic acids is 1. The van der Waals surface area contributed by atoms with Gasteiger partial charge in [0.2, 0.25) is 0 Å². The van der Waals surface area contributed by atoms with Gasteiger partial charge in [-0.1, -0.05) is 17.7 Å². The number of carboxylic acids is 1. The van der Waals surface area contributed by atoms with Crippen molar-refractivity contribution in [2.45, 2.75) is 0 Å². The average molecular weight is 281 g/mol. The van der Waals surface area contributed by atoms with Gasteiger partial charge in [0.05, 0.1) is 16.5 Å². The van der Waals surface area contributed by atoms with E-state index in [1.807, 2.05) is 0 Å². The van der Waals surface area contributed by atoms with Crippen molar-refractivity contribution in [1.29, 1.82) is 0 Å². The predicted octanol–water partition coefficient (Wildman–Crippen LogP) is 2.02. The summed E-state index contributed by atoms with van der Waals surface area (Å²) in [6.07, 6.45) is 0. The van der Waals surface area contributed by atoms with Gasteiger partial charge in [0.25, 0.3) is 5.91 Å². The van der Waals surface area contributed by atoms with Crippen molar-refractivity contribution in [2.75, 3.05) is 5.32 Å². The number of carbonyl (C=O) groups excluding carboxylic acids is 2. The summed E-state index contributed by atoms with van der Waals surface area (Å²) in [5.74, 6) is -1.75. The quantitative estimate of drug-likeness (QED) is 0.935. The van der Waals surface area contributed by atoms with Crippen LogP contribution in [0.5, 0.6) is 0 Å². The summed E-state index contributed by atoms with van der Waals surface area (Å²) in [5, 5.41) is 15.5. The lowest BCUT2D eigenvalue weighted by atomic mass is 10.2. The first kappa shape index (κ1) is 12.6. The fourth-order valence-corrected chi connectivity index (χ4v) is 2.18. The first-order chi connectivity index (χ1) is 8.58. The third-order valence-corrected chi connectivity index (χ3v) is 3.30. The molecule has 2 aromatic rings. The van der Waals surface area contributed by atoms with Crippen LogP contribution in [0.15, 0.2) is 35.7 Å². The Labute approximate surface area is 112 Å². The SMILES string of the molecule is O=C(Nc1cc(Cl)ccc1C(=O)[O-])c1cccs1. The largest absolute Gasteiger partial charge is 0.545 e. The molecule has 0 fully saturated rings. The van der Waals surface area contributed by atoms with Crippen molar-refractivity contribution in [2.24, 2.45) is 0 Å². The molecule has 0 radical (unpaired) electrons. The zero-order chi connectivity index (χ0) is 13.1. The molecule has 6 heteroatoms. The Morgan fingerprint density at radius 1 is 1.28 bits per heavy atom. The van der Waals surface area contributed by atoms with Crippen molar-refractivity contribution in [3.63, 3.8) is 0 Å². The minimum Gasteiger partial charge on any atom is -0.545 e. The van der Waals surface area contributed by atoms with Gasteiger partial charge >= 0.3 is 0 Å². The van der Waals surface area contributed by atoms with Gasteiger partial charge in [0, 0.05) is 10.6 Å². The monoisotopic (exact) mass is 280 g/mol. The predicted molar refractivity (Wildman–Crippen MR) is 68.1 cm³/mol. The summed E-state index contributed by atoms with van der Waals surface area (Å²) in [6, 6.07) is 7.47. The number of hydrogen-bond donors (Lipinski definition) is 1. The molecule has 0 saturated heterocycles. The van der Waals surface area contributed by atoms with Crippen LogP contribution < -0.4 is 10.4 Å². The number of nitrogens with one attached hydrogen (secondary N) is 1. The fourth-order valence-electron chi connectivity index (χ4n) is 1.39. The zero-order valence-corrected chi connectivity index (χ0v) is 10.5. The molecule has 0 saturated carbocycles. The van der Waals surface area contributed by atoms with Crippen LogP contribution in [0.2, 0.25) is 5.02 Å². The first-order valence-corrected chi connectivity index (χ1v) is 6.19. The smallest absolute Gasteiger partial charge is 0.265 e. The minimum atomic E-state index is -1.37. The summed E-state index contributed by atoms with van der Waals surface area (Å²) >= 11 is 7.03. The normalized spacial score (nSPS) is 10.1. The van der Waals surface area contributed by atoms with Gasteiger partial charge in [-0.3, -0.25) is 4.79 Å². The van der Waals surface area contributed by atoms with Gasteiger partial charge in [0.1, 0.15) is 0 Å². The maximum atomic E-state index is 11.8. The second-order valence-electron chi connectivity index (χ2n) is 3.41. The van der Waals surface area contributed by atoms with E-state index in [9.17, 15) is 14.7 Å². The van der Waals surface area contributed by atoms with Crippen LogP contribution in [0.25, 0.3) is 0 Å². The minimum absolute atomic E-state index is 0.107. The fraction of sp³-hybridized carbons (Fsp3) is 0. The van der Waals surface area contributed by atoms with Gasteiger partial charge in [-0.2, -0.15) is 0 Å². The van der Waals surface area contributed by atoms with E-state index in [-0.39, 0.29) is 17.2 Å². The van der Waals surface area contributed by atoms with E-state index in [0.717, 1.165) is 0 Å². The lowest BCUT2D eigenvalue weighted by molar-refractivity contribution is -0.254. The highest BCUT2D eigenvalue weighted by atomic mass is 35.5. The molecule has 4 nitrogen and oxygen atoms in total. The number of benzene rings is 1. The van der Waals surface area contributed by atoms with E-state index in [1.165, 1.54) is 29.5 Å². The molecule has 0 unspecified atom stereocenters. The van der Waals surface area contributed by atoms with E-state index in [1.54, 1.807) is 17.5 Å². The van der Waals surface area contributed by atoms with E-state index in [4.69, 9.17) is 11.6 Å². The first-order valence-electron chi connectivity index (χ1n) is 4.93. The van der Waals surface area contributed by atoms with Crippen LogP contribution in [-0.2, 0) is 0 Å². The highest BCUT2D eigenvalue weighted by molar-refractivity contribution is 7.12. The molecule has 1 aromatic carbocycles. The van der Waals surface area contributed by atoms with Gasteiger partial charge in [-0.25, -0.2) is 0 Å². The standard InChI is InChI=1S/C12H8ClNO3S/c13-7-3-4-8(12(16)17)9(6-7)14-11(15)10-2-1-5-18-10/h1-6H,(H,14,15)(H,16,17)/p-1. The lowest BCUT2D eigenvalue weighted by Gasteiger charge is -2.11. The summed E-state index contributed by atoms with van der Waals surface area (Å²) in [7, 11) is 0. The second kappa shape index (κ2) is 5.20. The average Bonchev–Trinajstić information content (AvgIpc) is 2.81. The molecular weight excluding hydrogens is 274 g/mol. The molecule has 1 amide bonds. The molecule has 0 aliphatic heterocycles. The number of thiophene rings is 1. The highest BCUT2D eigenvalue weighted by Crippen LogP contribution is 2.22. The Balaban J connectivity index is 2.31. The van der Waals surface area contributed by atoms with Crippen molar-refractivity contribution in [1.82, 2.24) is 0 Å². The molecule has 1 aromatic heterocycles. The molecule has 2 rings (SSSR count). The number of rotatable bonds is 3. The molecular formula is C12H7ClNO3S-. The maximum absolute atomic E-state index is 11.8. The topological polar surface area (TPSA) is 69.2 Å². The van der Waals surface area contributed by atoms with E-state index < -0.39 is 5.97 Å². The maximum Gasteiger partial charge on any atom is 0.265 e. The molecule has 92 valence electrons. The highest BCUT2D eigenvalue weighted by Gasteiger charge is 2.11. The molecule has 18 heavy (non-hydrogen) atoms. The van der Waals surface area contributed by atoms with Crippen LogP contribution in [0, 0.1) is 0 Å². The summed E-state index contributed by atoms with van der Waals surface area (Å²) in [4.78, 5) is 23.2. The zero-order valence-electron chi connectivity index (χ0n) is 8.98. The number of hydrogen-bond acceptors (Lipinski definition) is 4. The molecule has 1 N–H and O–H groups in total. The third-order valence-electron chi connectivity index (χ3n) is 2.19. The summed E-state index contributed by atoms with van der Waals surface area (Å²) in [6.45, 7) is 0. The number of carboxylic acid groups (broad SMARTS) is 1. The van der Waals surface area contributed by atoms with Gasteiger partial charge in [-0.15, -0.1) is 11.3 Å². The molecule has 0 aliphatic rings. The lowest BCUT2D eigenvalue weighted by Crippen LogP contribution is -2.24. The number of anilines is 1. The summed E-state index contributed by atoms with van der Waals surface area (Å²) in [5.41, 5.74) is 0.0187. The van der Waals surface area contributed by atoms with Crippen molar-refractivity contribution < 1.29 is 14.7 Å². The van der Waals surface area contributed by atoms with Gasteiger partial charge in [-0.05, 0) is 29.6 Å². The molecule has 0 aliphatic carbocycles. The number of halogens is 1. The van der Waals surface area contributed by atoms with Crippen LogP contribution >= 0.6 is 22.9 Å². The number of amides is 1. The van der Waals surface area contributed by atoms with Crippen LogP contribution in [-0.4, -0.2) is 11.9 Å². The van der Waals surface area contributed by atoms with Crippen molar-refractivity contribution in [3.8, 4) is 0 Å². The molecule has 0 spiro atoms. The Morgan fingerprint density at radius 3 is 2.67 bits per heavy atom. The van der Waals surface area contributed by atoms with E-state index in [2.05, 4.69) is 5.32 Å². The van der Waals surface area contributed by atoms with Gasteiger partial charge < -0.3 is 15.2 Å². The Morgan fingerprint density at radius 2 is 2.06 bits per heavy atom. The van der Waals surface area contributed by atoms with Crippen LogP contribution in [0.3, 0.4) is 0 Å². The second-order valence-corrected chi connectivity index (χ2v) is 4.79. The van der Waals surface area contributed by atoms with Crippen LogP contribution in [0.1, 0.15) is 20.0 Å². The van der Waals surface area contributed by atoms with Crippen LogP contribution in [0.4, 0.5) is 5.69 Å². The van der Waals surface area contributed by atoms with Crippen molar-refractivity contribution in [3.05, 3.63) is 51.2 Å². The molecule has 1 heterocycles. The molecule has 0 atom stereocenters. The Bertz CT molecular complexity index is 595. The third kappa shape index (κ3) is 2.69. The van der Waals surface area contributed by atoms with E-state index in [0.29, 0.717) is 9.90 Å². The van der Waals surface area contributed by atoms with E-state index >= 15 is 0 Å².